The predicted molar refractivity (Wildman–Crippen MR) is 176 cm³/mol. The Morgan fingerprint density at radius 2 is 1.94 bits per heavy atom. The SMILES string of the molecule is COC(=O)c1ccc2nc(CN3CCN(c4cccc5c4O[C@](C)(c4ccc(Cl)cc4F)O5)[C@H]4COC[C@H]43)n(CCn3cccn3)c2c1. The van der Waals surface area contributed by atoms with Crippen molar-refractivity contribution in [3.63, 3.8) is 0 Å². The highest BCUT2D eigenvalue weighted by Crippen LogP contribution is 2.51. The first kappa shape index (κ1) is 30.7. The topological polar surface area (TPSA) is 96.1 Å². The minimum atomic E-state index is -1.34. The van der Waals surface area contributed by atoms with Crippen molar-refractivity contribution in [2.75, 3.05) is 38.3 Å². The van der Waals surface area contributed by atoms with Crippen molar-refractivity contribution in [1.82, 2.24) is 24.2 Å². The molecule has 0 saturated carbocycles. The first-order valence-electron chi connectivity index (χ1n) is 15.9. The minimum absolute atomic E-state index is 0.0424. The van der Waals surface area contributed by atoms with E-state index in [2.05, 4.69) is 19.5 Å². The highest BCUT2D eigenvalue weighted by Gasteiger charge is 2.46. The molecule has 3 aliphatic rings. The molecule has 248 valence electrons. The van der Waals surface area contributed by atoms with Crippen LogP contribution in [0, 0.1) is 5.82 Å². The number of anilines is 1. The van der Waals surface area contributed by atoms with Crippen LogP contribution in [0.3, 0.4) is 0 Å². The lowest BCUT2D eigenvalue weighted by molar-refractivity contribution is -0.0705. The van der Waals surface area contributed by atoms with E-state index in [9.17, 15) is 4.79 Å². The Hall–Kier alpha value is -4.65. The minimum Gasteiger partial charge on any atom is -0.465 e. The number of ether oxygens (including phenoxy) is 4. The zero-order chi connectivity index (χ0) is 33.0. The monoisotopic (exact) mass is 672 g/mol. The van der Waals surface area contributed by atoms with Crippen molar-refractivity contribution in [1.29, 1.82) is 0 Å². The molecule has 48 heavy (non-hydrogen) atoms. The maximum Gasteiger partial charge on any atom is 0.337 e. The summed E-state index contributed by atoms with van der Waals surface area (Å²) < 4.78 is 42.8. The quantitative estimate of drug-likeness (QED) is 0.205. The van der Waals surface area contributed by atoms with Gasteiger partial charge in [0.2, 0.25) is 0 Å². The average molecular weight is 673 g/mol. The summed E-state index contributed by atoms with van der Waals surface area (Å²) >= 11 is 6.02. The molecule has 8 rings (SSSR count). The standard InChI is InChI=1S/C35H34ClFN6O5/c1-35(24-9-8-23(36)18-25(24)37)47-31-6-3-5-27(33(31)48-35)42-15-13-40(29-20-46-21-30(29)42)19-32-39-26-10-7-22(34(44)45-2)17-28(26)43(32)16-14-41-12-4-11-38-41/h3-12,17-18,29-30H,13-16,19-21H2,1-2H3/t29-,30+,35-/m1/s1. The lowest BCUT2D eigenvalue weighted by atomic mass is 10.0. The van der Waals surface area contributed by atoms with Crippen LogP contribution < -0.4 is 14.4 Å². The highest BCUT2D eigenvalue weighted by molar-refractivity contribution is 6.30. The number of aromatic nitrogens is 4. The van der Waals surface area contributed by atoms with Crippen LogP contribution in [0.5, 0.6) is 11.5 Å². The van der Waals surface area contributed by atoms with E-state index in [4.69, 9.17) is 35.5 Å². The van der Waals surface area contributed by atoms with Crippen LogP contribution in [0.2, 0.25) is 5.02 Å². The molecule has 0 N–H and O–H groups in total. The van der Waals surface area contributed by atoms with E-state index in [1.165, 1.54) is 13.2 Å². The summed E-state index contributed by atoms with van der Waals surface area (Å²) in [4.78, 5) is 22.2. The number of nitrogens with zero attached hydrogens (tertiary/aromatic N) is 6. The number of rotatable bonds is 8. The fourth-order valence-corrected chi connectivity index (χ4v) is 7.31. The molecule has 5 aromatic rings. The van der Waals surface area contributed by atoms with Gasteiger partial charge >= 0.3 is 5.97 Å². The first-order valence-corrected chi connectivity index (χ1v) is 16.3. The van der Waals surface area contributed by atoms with Gasteiger partial charge in [0.15, 0.2) is 11.5 Å². The third-order valence-electron chi connectivity index (χ3n) is 9.51. The van der Waals surface area contributed by atoms with Gasteiger partial charge in [-0.25, -0.2) is 14.2 Å². The van der Waals surface area contributed by atoms with Gasteiger partial charge in [-0.05, 0) is 54.6 Å². The molecule has 11 nitrogen and oxygen atoms in total. The number of hydrogen-bond acceptors (Lipinski definition) is 9. The zero-order valence-corrected chi connectivity index (χ0v) is 27.3. The molecule has 2 fully saturated rings. The van der Waals surface area contributed by atoms with Crippen molar-refractivity contribution >= 4 is 34.3 Å². The Balaban J connectivity index is 1.07. The van der Waals surface area contributed by atoms with Gasteiger partial charge in [-0.3, -0.25) is 9.58 Å². The van der Waals surface area contributed by atoms with Crippen LogP contribution in [0.25, 0.3) is 11.0 Å². The van der Waals surface area contributed by atoms with Crippen molar-refractivity contribution in [2.24, 2.45) is 0 Å². The van der Waals surface area contributed by atoms with Gasteiger partial charge in [-0.15, -0.1) is 0 Å². The molecule has 3 aliphatic heterocycles. The summed E-state index contributed by atoms with van der Waals surface area (Å²) in [7, 11) is 1.38. The largest absolute Gasteiger partial charge is 0.465 e. The van der Waals surface area contributed by atoms with Crippen molar-refractivity contribution in [3.05, 3.63) is 101 Å². The number of benzene rings is 3. The summed E-state index contributed by atoms with van der Waals surface area (Å²) in [5, 5.41) is 4.68. The maximum atomic E-state index is 15.0. The van der Waals surface area contributed by atoms with E-state index < -0.39 is 11.6 Å². The van der Waals surface area contributed by atoms with Crippen LogP contribution in [0.1, 0.15) is 28.7 Å². The zero-order valence-electron chi connectivity index (χ0n) is 26.5. The van der Waals surface area contributed by atoms with Gasteiger partial charge in [0.05, 0.1) is 73.3 Å². The summed E-state index contributed by atoms with van der Waals surface area (Å²) in [6.07, 6.45) is 3.69. The summed E-state index contributed by atoms with van der Waals surface area (Å²) in [5.41, 5.74) is 3.32. The molecule has 0 spiro atoms. The fourth-order valence-electron chi connectivity index (χ4n) is 7.15. The number of imidazole rings is 1. The normalized spacial score (nSPS) is 22.0. The number of hydrogen-bond donors (Lipinski definition) is 0. The Morgan fingerprint density at radius 3 is 2.75 bits per heavy atom. The van der Waals surface area contributed by atoms with Crippen molar-refractivity contribution < 1.29 is 28.1 Å². The van der Waals surface area contributed by atoms with Crippen LogP contribution in [-0.4, -0.2) is 75.7 Å². The number of methoxy groups -OCH3 is 1. The number of fused-ring (bicyclic) bond motifs is 3. The number of esters is 1. The van der Waals surface area contributed by atoms with Crippen LogP contribution in [0.15, 0.2) is 73.1 Å². The summed E-state index contributed by atoms with van der Waals surface area (Å²) in [5.74, 6) is -0.190. The number of carbonyl (C=O) groups is 1. The summed E-state index contributed by atoms with van der Waals surface area (Å²) in [6.45, 7) is 6.16. The smallest absolute Gasteiger partial charge is 0.337 e. The van der Waals surface area contributed by atoms with Gasteiger partial charge in [0.25, 0.3) is 5.79 Å². The number of aryl methyl sites for hydroxylation is 2. The Kier molecular flexibility index (Phi) is 7.73. The number of carbonyl (C=O) groups excluding carboxylic acids is 1. The molecule has 2 aromatic heterocycles. The molecular formula is C35H34ClFN6O5. The average Bonchev–Trinajstić information content (AvgIpc) is 3.89. The predicted octanol–water partition coefficient (Wildman–Crippen LogP) is 5.25. The van der Waals surface area contributed by atoms with Gasteiger partial charge in [-0.2, -0.15) is 5.10 Å². The van der Waals surface area contributed by atoms with E-state index in [0.717, 1.165) is 29.1 Å². The molecule has 0 aliphatic carbocycles. The second-order valence-corrected chi connectivity index (χ2v) is 12.8. The third-order valence-corrected chi connectivity index (χ3v) is 9.75. The summed E-state index contributed by atoms with van der Waals surface area (Å²) in [6, 6.07) is 17.8. The van der Waals surface area contributed by atoms with Crippen LogP contribution in [0.4, 0.5) is 10.1 Å². The van der Waals surface area contributed by atoms with E-state index in [1.807, 2.05) is 47.3 Å². The van der Waals surface area contributed by atoms with Crippen molar-refractivity contribution in [2.45, 2.75) is 44.4 Å². The molecule has 0 radical (unpaired) electrons. The Bertz CT molecular complexity index is 2000. The third kappa shape index (κ3) is 5.33. The molecule has 5 heterocycles. The lowest BCUT2D eigenvalue weighted by Gasteiger charge is -2.44. The van der Waals surface area contributed by atoms with Crippen LogP contribution >= 0.6 is 11.6 Å². The second kappa shape index (κ2) is 12.1. The van der Waals surface area contributed by atoms with E-state index in [0.29, 0.717) is 61.5 Å². The molecule has 0 amide bonds. The van der Waals surface area contributed by atoms with E-state index in [1.54, 1.807) is 31.3 Å². The molecule has 0 unspecified atom stereocenters. The Labute approximate surface area is 281 Å². The number of halogens is 2. The second-order valence-electron chi connectivity index (χ2n) is 12.4. The van der Waals surface area contributed by atoms with Gasteiger partial charge in [0.1, 0.15) is 11.6 Å². The van der Waals surface area contributed by atoms with Gasteiger partial charge < -0.3 is 28.4 Å². The fraction of sp³-hybridized carbons (Fsp3) is 0.343. The highest BCUT2D eigenvalue weighted by atomic mass is 35.5. The molecule has 3 atom stereocenters. The molecule has 2 saturated heterocycles. The number of piperazine rings is 1. The van der Waals surface area contributed by atoms with Crippen LogP contribution in [-0.2, 0) is 34.9 Å². The Morgan fingerprint density at radius 1 is 1.06 bits per heavy atom. The van der Waals surface area contributed by atoms with Gasteiger partial charge in [-0.1, -0.05) is 17.7 Å². The molecule has 13 heteroatoms. The first-order chi connectivity index (χ1) is 23.3. The maximum absolute atomic E-state index is 15.0. The molecular weight excluding hydrogens is 639 g/mol. The van der Waals surface area contributed by atoms with Gasteiger partial charge in [0, 0.05) is 44.0 Å². The molecule has 3 aromatic carbocycles. The van der Waals surface area contributed by atoms with E-state index in [-0.39, 0.29) is 23.6 Å². The molecule has 0 bridgehead atoms. The van der Waals surface area contributed by atoms with E-state index >= 15 is 4.39 Å². The van der Waals surface area contributed by atoms with Crippen molar-refractivity contribution in [3.8, 4) is 11.5 Å². The number of para-hydroxylation sites is 1. The lowest BCUT2D eigenvalue weighted by Crippen LogP contribution is -2.59.